The SMILES string of the molecule is CCCCCCCCCCCCCC(=O)O[C@H](C[C@H](C)O)CC(C)(C)C(=O)/C=C/C(C)=C/C=C/C(C)=C/C=C/C=C(C)/C=C/C=C(\C)C=C=C1C(C)(C)C[C@H](O)C[C@@]1(C)O. The summed E-state index contributed by atoms with van der Waals surface area (Å²) in [6.45, 7) is 21.5. The molecule has 1 rings (SSSR count). The number of allylic oxidation sites excluding steroid dienone is 16. The van der Waals surface area contributed by atoms with Crippen molar-refractivity contribution >= 4 is 11.8 Å². The largest absolute Gasteiger partial charge is 0.462 e. The van der Waals surface area contributed by atoms with E-state index in [-0.39, 0.29) is 17.2 Å². The Morgan fingerprint density at radius 2 is 1.23 bits per heavy atom. The fourth-order valence-electron chi connectivity index (χ4n) is 7.76. The highest BCUT2D eigenvalue weighted by Crippen LogP contribution is 2.45. The summed E-state index contributed by atoms with van der Waals surface area (Å²) >= 11 is 0. The molecule has 0 aliphatic heterocycles. The van der Waals surface area contributed by atoms with E-state index in [1.165, 1.54) is 51.4 Å². The van der Waals surface area contributed by atoms with Crippen LogP contribution in [0.5, 0.6) is 0 Å². The summed E-state index contributed by atoms with van der Waals surface area (Å²) in [6, 6.07) is 0. The normalized spacial score (nSPS) is 20.7. The van der Waals surface area contributed by atoms with Crippen molar-refractivity contribution in [1.82, 2.24) is 0 Å². The molecule has 0 saturated heterocycles. The number of rotatable bonds is 27. The van der Waals surface area contributed by atoms with Crippen LogP contribution in [0, 0.1) is 10.8 Å². The van der Waals surface area contributed by atoms with Gasteiger partial charge in [-0.15, -0.1) is 5.73 Å². The Balaban J connectivity index is 2.64. The molecule has 1 aliphatic carbocycles. The lowest BCUT2D eigenvalue weighted by atomic mass is 9.65. The van der Waals surface area contributed by atoms with E-state index in [9.17, 15) is 24.9 Å². The maximum absolute atomic E-state index is 13.3. The summed E-state index contributed by atoms with van der Waals surface area (Å²) in [4.78, 5) is 26.0. The average Bonchev–Trinajstić information content (AvgIpc) is 3.13. The van der Waals surface area contributed by atoms with Crippen molar-refractivity contribution in [2.75, 3.05) is 0 Å². The molecule has 6 nitrogen and oxygen atoms in total. The van der Waals surface area contributed by atoms with E-state index in [2.05, 4.69) is 12.7 Å². The molecule has 0 aromatic rings. The minimum Gasteiger partial charge on any atom is -0.462 e. The van der Waals surface area contributed by atoms with Crippen molar-refractivity contribution in [3.05, 3.63) is 113 Å². The lowest BCUT2D eigenvalue weighted by Gasteiger charge is -2.43. The zero-order chi connectivity index (χ0) is 45.2. The highest BCUT2D eigenvalue weighted by molar-refractivity contribution is 5.94. The van der Waals surface area contributed by atoms with Crippen molar-refractivity contribution in [2.45, 2.75) is 203 Å². The Bertz CT molecular complexity index is 1610. The molecule has 0 heterocycles. The van der Waals surface area contributed by atoms with Gasteiger partial charge in [0.25, 0.3) is 0 Å². The van der Waals surface area contributed by atoms with Gasteiger partial charge in [0, 0.05) is 30.3 Å². The number of aliphatic hydroxyl groups excluding tert-OH is 2. The molecule has 0 aromatic carbocycles. The van der Waals surface area contributed by atoms with E-state index in [1.807, 2.05) is 128 Å². The van der Waals surface area contributed by atoms with Crippen molar-refractivity contribution in [1.29, 1.82) is 0 Å². The van der Waals surface area contributed by atoms with Crippen molar-refractivity contribution in [2.24, 2.45) is 10.8 Å². The van der Waals surface area contributed by atoms with Gasteiger partial charge in [0.2, 0.25) is 0 Å². The van der Waals surface area contributed by atoms with Crippen LogP contribution in [0.15, 0.2) is 113 Å². The molecule has 1 aliphatic rings. The molecular weight excluding hydrogens is 745 g/mol. The quantitative estimate of drug-likeness (QED) is 0.0250. The first kappa shape index (κ1) is 54.5. The summed E-state index contributed by atoms with van der Waals surface area (Å²) < 4.78 is 5.82. The number of carbonyl (C=O) groups is 2. The molecule has 336 valence electrons. The lowest BCUT2D eigenvalue weighted by Crippen LogP contribution is -2.45. The number of aliphatic hydroxyl groups is 3. The predicted molar refractivity (Wildman–Crippen MR) is 253 cm³/mol. The fraction of sp³-hybridized carbons (Fsp3) is 0.611. The standard InChI is InChI=1S/C54H84O6/c1-12-13-14-15-16-17-18-19-20-21-22-33-51(58)60-48(38-46(6)55)41-53(9,10)50(57)37-35-45(5)32-26-30-43(3)28-24-23-27-42(2)29-25-31-44(4)34-36-49-52(7,8)39-47(56)40-54(49,11)59/h23-32,34-35,37,46-48,55-56,59H,12-22,33,38-41H2,1-11H3/b24-23+,29-25+,30-26+,37-35+,42-27+,43-28+,44-31+,45-32+/t36?,46-,47-,48+,54+/m0/s1. The Hall–Kier alpha value is -3.54. The Morgan fingerprint density at radius 1 is 0.750 bits per heavy atom. The van der Waals surface area contributed by atoms with Crippen molar-refractivity contribution in [3.8, 4) is 0 Å². The van der Waals surface area contributed by atoms with Crippen LogP contribution in [0.2, 0.25) is 0 Å². The molecule has 6 heteroatoms. The third-order valence-electron chi connectivity index (χ3n) is 11.1. The molecule has 0 unspecified atom stereocenters. The summed E-state index contributed by atoms with van der Waals surface area (Å²) in [5, 5.41) is 31.2. The Morgan fingerprint density at radius 3 is 1.75 bits per heavy atom. The fourth-order valence-corrected chi connectivity index (χ4v) is 7.76. The van der Waals surface area contributed by atoms with Gasteiger partial charge in [-0.1, -0.05) is 182 Å². The first-order valence-corrected chi connectivity index (χ1v) is 22.9. The predicted octanol–water partition coefficient (Wildman–Crippen LogP) is 13.4. The van der Waals surface area contributed by atoms with Gasteiger partial charge in [-0.2, -0.15) is 0 Å². The zero-order valence-electron chi connectivity index (χ0n) is 39.6. The van der Waals surface area contributed by atoms with Crippen LogP contribution in [-0.2, 0) is 14.3 Å². The molecule has 1 fully saturated rings. The number of esters is 1. The van der Waals surface area contributed by atoms with Gasteiger partial charge in [0.15, 0.2) is 5.78 Å². The van der Waals surface area contributed by atoms with Crippen molar-refractivity contribution < 1.29 is 29.6 Å². The number of hydrogen-bond donors (Lipinski definition) is 3. The molecule has 1 saturated carbocycles. The summed E-state index contributed by atoms with van der Waals surface area (Å²) in [6.07, 6.45) is 39.1. The Labute approximate surface area is 366 Å². The summed E-state index contributed by atoms with van der Waals surface area (Å²) in [5.74, 6) is -0.297. The maximum atomic E-state index is 13.3. The van der Waals surface area contributed by atoms with Crippen molar-refractivity contribution in [3.63, 3.8) is 0 Å². The van der Waals surface area contributed by atoms with E-state index in [0.717, 1.165) is 47.1 Å². The van der Waals surface area contributed by atoms with Crippen LogP contribution in [0.25, 0.3) is 0 Å². The highest BCUT2D eigenvalue weighted by atomic mass is 16.5. The smallest absolute Gasteiger partial charge is 0.306 e. The molecule has 0 radical (unpaired) electrons. The van der Waals surface area contributed by atoms with Gasteiger partial charge < -0.3 is 20.1 Å². The molecule has 60 heavy (non-hydrogen) atoms. The van der Waals surface area contributed by atoms with Crippen LogP contribution in [0.3, 0.4) is 0 Å². The van der Waals surface area contributed by atoms with Gasteiger partial charge in [-0.25, -0.2) is 0 Å². The van der Waals surface area contributed by atoms with Crippen LogP contribution >= 0.6 is 0 Å². The van der Waals surface area contributed by atoms with E-state index < -0.39 is 29.3 Å². The molecule has 0 amide bonds. The second kappa shape index (κ2) is 28.9. The van der Waals surface area contributed by atoms with Gasteiger partial charge in [-0.3, -0.25) is 9.59 Å². The second-order valence-electron chi connectivity index (χ2n) is 18.9. The molecule has 3 N–H and O–H groups in total. The van der Waals surface area contributed by atoms with E-state index in [0.29, 0.717) is 32.1 Å². The van der Waals surface area contributed by atoms with Crippen LogP contribution in [-0.4, -0.2) is 51.0 Å². The number of ketones is 1. The molecule has 0 aromatic heterocycles. The summed E-state index contributed by atoms with van der Waals surface area (Å²) in [5.41, 5.74) is 6.12. The Kier molecular flexibility index (Phi) is 26.2. The third-order valence-corrected chi connectivity index (χ3v) is 11.1. The highest BCUT2D eigenvalue weighted by Gasteiger charge is 2.44. The van der Waals surface area contributed by atoms with Crippen LogP contribution in [0.4, 0.5) is 0 Å². The molecule has 0 bridgehead atoms. The monoisotopic (exact) mass is 829 g/mol. The molecule has 4 atom stereocenters. The minimum atomic E-state index is -1.08. The minimum absolute atomic E-state index is 0.0487. The number of hydrogen-bond acceptors (Lipinski definition) is 6. The van der Waals surface area contributed by atoms with E-state index in [1.54, 1.807) is 19.9 Å². The van der Waals surface area contributed by atoms with E-state index >= 15 is 0 Å². The van der Waals surface area contributed by atoms with Gasteiger partial charge >= 0.3 is 5.97 Å². The average molecular weight is 829 g/mol. The van der Waals surface area contributed by atoms with Crippen LogP contribution < -0.4 is 0 Å². The van der Waals surface area contributed by atoms with Crippen LogP contribution in [0.1, 0.15) is 179 Å². The maximum Gasteiger partial charge on any atom is 0.306 e. The van der Waals surface area contributed by atoms with E-state index in [4.69, 9.17) is 4.74 Å². The van der Waals surface area contributed by atoms with Gasteiger partial charge in [-0.05, 0) is 83.9 Å². The number of carbonyl (C=O) groups excluding carboxylic acids is 2. The number of unbranched alkanes of at least 4 members (excludes halogenated alkanes) is 10. The topological polar surface area (TPSA) is 104 Å². The molecule has 0 spiro atoms. The zero-order valence-corrected chi connectivity index (χ0v) is 39.6. The van der Waals surface area contributed by atoms with Gasteiger partial charge in [0.05, 0.1) is 17.8 Å². The molecular formula is C54H84O6. The summed E-state index contributed by atoms with van der Waals surface area (Å²) in [7, 11) is 0. The van der Waals surface area contributed by atoms with Gasteiger partial charge in [0.1, 0.15) is 6.10 Å². The lowest BCUT2D eigenvalue weighted by molar-refractivity contribution is -0.153. The first-order chi connectivity index (χ1) is 28.2. The number of ether oxygens (including phenoxy) is 1. The third kappa shape index (κ3) is 24.7. The first-order valence-electron chi connectivity index (χ1n) is 22.9. The second-order valence-corrected chi connectivity index (χ2v) is 18.9.